The van der Waals surface area contributed by atoms with E-state index in [4.69, 9.17) is 0 Å². The number of allylic oxidation sites excluding steroid dienone is 10. The van der Waals surface area contributed by atoms with E-state index in [2.05, 4.69) is 202 Å². The van der Waals surface area contributed by atoms with Crippen molar-refractivity contribution in [1.82, 2.24) is 0 Å². The summed E-state index contributed by atoms with van der Waals surface area (Å²) in [4.78, 5) is 0. The summed E-state index contributed by atoms with van der Waals surface area (Å²) in [5, 5.41) is 13.0. The summed E-state index contributed by atoms with van der Waals surface area (Å²) in [7, 11) is 0. The molecule has 12 rings (SSSR count). The Bertz CT molecular complexity index is 3520. The van der Waals surface area contributed by atoms with Crippen LogP contribution in [0, 0.1) is 0 Å². The molecule has 9 aromatic rings. The Kier molecular flexibility index (Phi) is 7.75. The van der Waals surface area contributed by atoms with Gasteiger partial charge in [-0.1, -0.05) is 170 Å². The third-order valence-corrected chi connectivity index (χ3v) is 13.5. The molecule has 0 saturated heterocycles. The number of fused-ring (bicyclic) bond motifs is 11. The zero-order valence-electron chi connectivity index (χ0n) is 33.9. The molecule has 0 aromatic heterocycles. The van der Waals surface area contributed by atoms with Crippen molar-refractivity contribution in [3.05, 3.63) is 228 Å². The average molecular weight is 763 g/mol. The zero-order chi connectivity index (χ0) is 40.1. The molecule has 0 N–H and O–H groups in total. The van der Waals surface area contributed by atoms with Crippen LogP contribution in [0.5, 0.6) is 0 Å². The van der Waals surface area contributed by atoms with Gasteiger partial charge in [0.2, 0.25) is 0 Å². The molecule has 0 nitrogen and oxygen atoms in total. The van der Waals surface area contributed by atoms with Crippen LogP contribution in [-0.2, 0) is 6.42 Å². The summed E-state index contributed by atoms with van der Waals surface area (Å²) >= 11 is 0. The molecule has 0 amide bonds. The molecule has 1 atom stereocenters. The minimum Gasteiger partial charge on any atom is -0.0990 e. The van der Waals surface area contributed by atoms with Crippen LogP contribution in [-0.4, -0.2) is 0 Å². The molecule has 9 aromatic carbocycles. The Hall–Kier alpha value is -7.28. The van der Waals surface area contributed by atoms with Crippen LogP contribution in [0.25, 0.3) is 98.9 Å². The van der Waals surface area contributed by atoms with Gasteiger partial charge < -0.3 is 0 Å². The number of rotatable bonds is 3. The lowest BCUT2D eigenvalue weighted by molar-refractivity contribution is 0.874. The molecule has 1 unspecified atom stereocenters. The van der Waals surface area contributed by atoms with Crippen molar-refractivity contribution >= 4 is 76.7 Å². The van der Waals surface area contributed by atoms with Crippen LogP contribution in [0.2, 0.25) is 0 Å². The van der Waals surface area contributed by atoms with Gasteiger partial charge in [0.1, 0.15) is 0 Å². The second-order valence-corrected chi connectivity index (χ2v) is 16.9. The van der Waals surface area contributed by atoms with Crippen LogP contribution in [0.3, 0.4) is 0 Å². The predicted octanol–water partition coefficient (Wildman–Crippen LogP) is 16.5. The maximum Gasteiger partial charge on any atom is 0.0143 e. The summed E-state index contributed by atoms with van der Waals surface area (Å²) in [5.41, 5.74) is 18.2. The molecule has 282 valence electrons. The second kappa shape index (κ2) is 13.4. The van der Waals surface area contributed by atoms with Gasteiger partial charge in [-0.25, -0.2) is 0 Å². The Morgan fingerprint density at radius 1 is 0.517 bits per heavy atom. The van der Waals surface area contributed by atoms with Crippen molar-refractivity contribution in [2.24, 2.45) is 0 Å². The summed E-state index contributed by atoms with van der Waals surface area (Å²) in [6.07, 6.45) is 16.6. The lowest BCUT2D eigenvalue weighted by atomic mass is 9.75. The van der Waals surface area contributed by atoms with Gasteiger partial charge >= 0.3 is 0 Å². The lowest BCUT2D eigenvalue weighted by Crippen LogP contribution is -2.09. The van der Waals surface area contributed by atoms with Crippen molar-refractivity contribution < 1.29 is 0 Å². The molecule has 0 fully saturated rings. The highest BCUT2D eigenvalue weighted by molar-refractivity contribution is 6.21. The number of hydrogen-bond acceptors (Lipinski definition) is 0. The third kappa shape index (κ3) is 5.17. The van der Waals surface area contributed by atoms with E-state index < -0.39 is 0 Å². The Balaban J connectivity index is 1.27. The highest BCUT2D eigenvalue weighted by Crippen LogP contribution is 2.55. The smallest absolute Gasteiger partial charge is 0.0143 e. The molecule has 0 spiro atoms. The highest BCUT2D eigenvalue weighted by atomic mass is 14.4. The summed E-state index contributed by atoms with van der Waals surface area (Å²) in [6, 6.07) is 55.2. The van der Waals surface area contributed by atoms with E-state index in [-0.39, 0.29) is 0 Å². The number of benzene rings is 9. The van der Waals surface area contributed by atoms with E-state index >= 15 is 0 Å². The largest absolute Gasteiger partial charge is 0.0990 e. The monoisotopic (exact) mass is 762 g/mol. The zero-order valence-corrected chi connectivity index (χ0v) is 33.9. The van der Waals surface area contributed by atoms with Crippen LogP contribution in [0.15, 0.2) is 194 Å². The Labute approximate surface area is 351 Å². The summed E-state index contributed by atoms with van der Waals surface area (Å²) in [6.45, 7) is 8.59. The molecule has 0 aliphatic heterocycles. The van der Waals surface area contributed by atoms with Gasteiger partial charge in [-0.2, -0.15) is 0 Å². The molecular weight excluding hydrogens is 721 g/mol. The molecule has 60 heavy (non-hydrogen) atoms. The summed E-state index contributed by atoms with van der Waals surface area (Å²) < 4.78 is 0. The van der Waals surface area contributed by atoms with Crippen LogP contribution in [0.4, 0.5) is 0 Å². The Morgan fingerprint density at radius 2 is 1.12 bits per heavy atom. The van der Waals surface area contributed by atoms with Crippen molar-refractivity contribution in [2.45, 2.75) is 26.2 Å². The quantitative estimate of drug-likeness (QED) is 0.157. The first-order valence-corrected chi connectivity index (χ1v) is 21.2. The van der Waals surface area contributed by atoms with Crippen molar-refractivity contribution in [2.75, 3.05) is 0 Å². The molecule has 0 heterocycles. The van der Waals surface area contributed by atoms with E-state index in [0.29, 0.717) is 5.92 Å². The van der Waals surface area contributed by atoms with Crippen LogP contribution < -0.4 is 0 Å². The second-order valence-electron chi connectivity index (χ2n) is 16.9. The molecule has 3 aliphatic rings. The molecule has 3 aliphatic carbocycles. The van der Waals surface area contributed by atoms with E-state index in [1.165, 1.54) is 126 Å². The first-order valence-electron chi connectivity index (χ1n) is 21.2. The minimum absolute atomic E-state index is 0.291. The van der Waals surface area contributed by atoms with Crippen LogP contribution >= 0.6 is 0 Å². The first kappa shape index (κ1) is 34.7. The molecule has 0 saturated carbocycles. The molecule has 0 heteroatoms. The van der Waals surface area contributed by atoms with E-state index in [9.17, 15) is 0 Å². The minimum atomic E-state index is 0.291. The van der Waals surface area contributed by atoms with Gasteiger partial charge in [0.15, 0.2) is 0 Å². The lowest BCUT2D eigenvalue weighted by Gasteiger charge is -2.28. The maximum absolute atomic E-state index is 4.16. The molecular formula is C60H42. The van der Waals surface area contributed by atoms with Gasteiger partial charge in [-0.05, 0) is 177 Å². The van der Waals surface area contributed by atoms with Gasteiger partial charge in [-0.3, -0.25) is 0 Å². The van der Waals surface area contributed by atoms with Crippen molar-refractivity contribution in [3.8, 4) is 22.3 Å². The molecule has 0 radical (unpaired) electrons. The highest BCUT2D eigenvalue weighted by Gasteiger charge is 2.34. The van der Waals surface area contributed by atoms with E-state index in [0.717, 1.165) is 12.0 Å². The first-order chi connectivity index (χ1) is 29.5. The van der Waals surface area contributed by atoms with Gasteiger partial charge in [0.05, 0.1) is 0 Å². The van der Waals surface area contributed by atoms with Gasteiger partial charge in [0, 0.05) is 5.92 Å². The van der Waals surface area contributed by atoms with Gasteiger partial charge in [0.25, 0.3) is 0 Å². The van der Waals surface area contributed by atoms with Crippen LogP contribution in [0.1, 0.15) is 53.1 Å². The standard InChI is InChI=1S/C60H42/c1-4-14-41-29-36(2)15-9-16-37(3)48-30-54-55(31-49(41)48)50(44-25-10-19-38-17-5-7-23-42(38)44)32-58-57(54)33-51(45-26-11-20-39-18-6-8-24-43(39)45)56-34-52-46-27-12-21-40-22-13-28-47(60(40)46)53(52)35-59(56)58/h4-34,53H,1,35H2,2-3H3/b15-9-,36-29+,37-16+,41-14+. The molecule has 0 bridgehead atoms. The fraction of sp³-hybridized carbons (Fsp3) is 0.0667. The fourth-order valence-corrected chi connectivity index (χ4v) is 10.8. The van der Waals surface area contributed by atoms with E-state index in [1.54, 1.807) is 0 Å². The topological polar surface area (TPSA) is 0 Å². The van der Waals surface area contributed by atoms with Gasteiger partial charge in [-0.15, -0.1) is 0 Å². The third-order valence-electron chi connectivity index (χ3n) is 13.5. The predicted molar refractivity (Wildman–Crippen MR) is 260 cm³/mol. The fourth-order valence-electron chi connectivity index (χ4n) is 10.8. The maximum atomic E-state index is 4.16. The SMILES string of the molecule is C=C\C=C1/C=C(C)/C=C\C=C(/C)c2cc3c(cc21)c(-c1cccc2ccccc12)cc1c2c(c(-c4cccc5ccccc45)cc13)C=C1c3cccc4cccc(c34)C1C2. The van der Waals surface area contributed by atoms with Crippen molar-refractivity contribution in [3.63, 3.8) is 0 Å². The van der Waals surface area contributed by atoms with Crippen molar-refractivity contribution in [1.29, 1.82) is 0 Å². The normalized spacial score (nSPS) is 18.5. The number of hydrogen-bond donors (Lipinski definition) is 0. The van der Waals surface area contributed by atoms with E-state index in [1.807, 2.05) is 6.08 Å². The summed E-state index contributed by atoms with van der Waals surface area (Å²) in [5.74, 6) is 0.291. The average Bonchev–Trinajstić information content (AvgIpc) is 3.62. The Morgan fingerprint density at radius 3 is 1.87 bits per heavy atom.